The second kappa shape index (κ2) is 5.45. The third-order valence-corrected chi connectivity index (χ3v) is 4.82. The van der Waals surface area contributed by atoms with Crippen molar-refractivity contribution in [2.45, 2.75) is 13.3 Å². The lowest BCUT2D eigenvalue weighted by atomic mass is 10.3. The van der Waals surface area contributed by atoms with Gasteiger partial charge in [-0.3, -0.25) is 14.0 Å². The minimum Gasteiger partial charge on any atom is -0.480 e. The Labute approximate surface area is 128 Å². The lowest BCUT2D eigenvalue weighted by Gasteiger charge is -2.18. The highest BCUT2D eigenvalue weighted by Gasteiger charge is 2.21. The van der Waals surface area contributed by atoms with E-state index in [4.69, 9.17) is 5.11 Å². The summed E-state index contributed by atoms with van der Waals surface area (Å²) in [4.78, 5) is 31.4. The van der Waals surface area contributed by atoms with Crippen molar-refractivity contribution in [1.82, 2.24) is 14.3 Å². The fourth-order valence-corrected chi connectivity index (χ4v) is 3.96. The van der Waals surface area contributed by atoms with Crippen molar-refractivity contribution >= 4 is 49.9 Å². The van der Waals surface area contributed by atoms with Crippen molar-refractivity contribution in [2.24, 2.45) is 0 Å². The van der Waals surface area contributed by atoms with Gasteiger partial charge in [0.1, 0.15) is 11.4 Å². The minimum atomic E-state index is -1.000. The first-order chi connectivity index (χ1) is 10.1. The van der Waals surface area contributed by atoms with Crippen LogP contribution < -0.4 is 0 Å². The lowest BCUT2D eigenvalue weighted by Crippen LogP contribution is -2.35. The third-order valence-electron chi connectivity index (χ3n) is 3.06. The van der Waals surface area contributed by atoms with Gasteiger partial charge in [-0.25, -0.2) is 4.98 Å². The Balaban J connectivity index is 1.95. The Morgan fingerprint density at radius 3 is 3.00 bits per heavy atom. The average molecular weight is 323 g/mol. The number of aliphatic carboxylic acids is 1. The molecule has 0 aromatic carbocycles. The fraction of sp³-hybridized carbons (Fsp3) is 0.308. The number of hydrogen-bond donors (Lipinski definition) is 1. The Morgan fingerprint density at radius 1 is 1.48 bits per heavy atom. The van der Waals surface area contributed by atoms with Crippen molar-refractivity contribution in [3.8, 4) is 0 Å². The van der Waals surface area contributed by atoms with E-state index in [-0.39, 0.29) is 12.5 Å². The molecule has 110 valence electrons. The molecule has 3 aromatic rings. The molecule has 1 N–H and O–H groups in total. The van der Waals surface area contributed by atoms with E-state index in [0.29, 0.717) is 11.4 Å². The zero-order chi connectivity index (χ0) is 15.0. The molecule has 8 heteroatoms. The highest BCUT2D eigenvalue weighted by Crippen LogP contribution is 2.29. The number of hydrogen-bond acceptors (Lipinski definition) is 5. The summed E-state index contributed by atoms with van der Waals surface area (Å²) in [6.07, 6.45) is 2.63. The van der Waals surface area contributed by atoms with Gasteiger partial charge >= 0.3 is 5.97 Å². The molecule has 0 radical (unpaired) electrons. The number of nitrogens with zero attached hydrogens (tertiary/aromatic N) is 3. The van der Waals surface area contributed by atoms with Crippen LogP contribution in [0.4, 0.5) is 0 Å². The quantitative estimate of drug-likeness (QED) is 0.783. The van der Waals surface area contributed by atoms with Crippen LogP contribution in [0.1, 0.15) is 23.0 Å². The van der Waals surface area contributed by atoms with E-state index in [1.165, 1.54) is 16.2 Å². The third kappa shape index (κ3) is 2.52. The van der Waals surface area contributed by atoms with Crippen molar-refractivity contribution in [2.75, 3.05) is 13.1 Å². The zero-order valence-electron chi connectivity index (χ0n) is 11.3. The summed E-state index contributed by atoms with van der Waals surface area (Å²) in [6.45, 7) is 2.07. The molecule has 21 heavy (non-hydrogen) atoms. The number of carboxylic acid groups (broad SMARTS) is 1. The van der Waals surface area contributed by atoms with Gasteiger partial charge in [-0.15, -0.1) is 22.7 Å². The van der Waals surface area contributed by atoms with E-state index in [2.05, 4.69) is 4.98 Å². The number of fused-ring (bicyclic) bond motifs is 3. The molecule has 0 unspecified atom stereocenters. The topological polar surface area (TPSA) is 74.9 Å². The number of carboxylic acids is 1. The molecule has 0 aliphatic heterocycles. The molecular weight excluding hydrogens is 310 g/mol. The van der Waals surface area contributed by atoms with E-state index in [9.17, 15) is 9.59 Å². The zero-order valence-corrected chi connectivity index (χ0v) is 12.9. The Bertz CT molecular complexity index is 817. The molecule has 3 heterocycles. The predicted octanol–water partition coefficient (Wildman–Crippen LogP) is 2.55. The van der Waals surface area contributed by atoms with Gasteiger partial charge in [-0.1, -0.05) is 6.92 Å². The fourth-order valence-electron chi connectivity index (χ4n) is 2.19. The average Bonchev–Trinajstić information content (AvgIpc) is 3.07. The molecule has 3 rings (SSSR count). The van der Waals surface area contributed by atoms with Gasteiger partial charge < -0.3 is 10.0 Å². The molecule has 0 saturated carbocycles. The summed E-state index contributed by atoms with van der Waals surface area (Å²) in [5.41, 5.74) is 0.895. The number of thiazole rings is 1. The van der Waals surface area contributed by atoms with E-state index in [0.717, 1.165) is 21.7 Å². The largest absolute Gasteiger partial charge is 0.480 e. The van der Waals surface area contributed by atoms with Gasteiger partial charge in [-0.05, 0) is 12.5 Å². The Hall–Kier alpha value is -1.93. The number of thiophene rings is 1. The van der Waals surface area contributed by atoms with Crippen LogP contribution in [0.3, 0.4) is 0 Å². The summed E-state index contributed by atoms with van der Waals surface area (Å²) in [6, 6.07) is 1.79. The second-order valence-corrected chi connectivity index (χ2v) is 6.49. The molecule has 3 aromatic heterocycles. The molecule has 1 amide bonds. The van der Waals surface area contributed by atoms with Crippen molar-refractivity contribution in [3.05, 3.63) is 22.5 Å². The first-order valence-electron chi connectivity index (χ1n) is 6.46. The van der Waals surface area contributed by atoms with Crippen molar-refractivity contribution < 1.29 is 14.7 Å². The highest BCUT2D eigenvalue weighted by atomic mass is 32.1. The van der Waals surface area contributed by atoms with E-state index >= 15 is 0 Å². The van der Waals surface area contributed by atoms with Crippen LogP contribution in [0.5, 0.6) is 0 Å². The van der Waals surface area contributed by atoms with Crippen LogP contribution in [-0.4, -0.2) is 44.4 Å². The maximum Gasteiger partial charge on any atom is 0.323 e. The summed E-state index contributed by atoms with van der Waals surface area (Å²) in [7, 11) is 0. The Morgan fingerprint density at radius 2 is 2.29 bits per heavy atom. The van der Waals surface area contributed by atoms with Crippen LogP contribution in [0.2, 0.25) is 0 Å². The number of carbonyl (C=O) groups is 2. The van der Waals surface area contributed by atoms with E-state index < -0.39 is 5.97 Å². The monoisotopic (exact) mass is 323 g/mol. The molecule has 0 atom stereocenters. The summed E-state index contributed by atoms with van der Waals surface area (Å²) in [5.74, 6) is -1.24. The van der Waals surface area contributed by atoms with Crippen LogP contribution in [0.25, 0.3) is 15.3 Å². The normalized spacial score (nSPS) is 11.3. The maximum atomic E-state index is 12.5. The summed E-state index contributed by atoms with van der Waals surface area (Å²) in [5, 5.41) is 10.9. The molecule has 0 saturated heterocycles. The predicted molar refractivity (Wildman–Crippen MR) is 82.3 cm³/mol. The van der Waals surface area contributed by atoms with Gasteiger partial charge in [0.2, 0.25) is 0 Å². The number of imidazole rings is 1. The molecule has 0 aliphatic rings. The van der Waals surface area contributed by atoms with Gasteiger partial charge in [-0.2, -0.15) is 0 Å². The second-order valence-electron chi connectivity index (χ2n) is 4.59. The van der Waals surface area contributed by atoms with Crippen molar-refractivity contribution in [3.63, 3.8) is 0 Å². The van der Waals surface area contributed by atoms with Crippen LogP contribution in [-0.2, 0) is 4.79 Å². The van der Waals surface area contributed by atoms with Crippen LogP contribution in [0, 0.1) is 0 Å². The molecule has 6 nitrogen and oxygen atoms in total. The van der Waals surface area contributed by atoms with Gasteiger partial charge in [0.15, 0.2) is 4.96 Å². The van der Waals surface area contributed by atoms with Gasteiger partial charge in [0.05, 0.1) is 10.4 Å². The first-order valence-corrected chi connectivity index (χ1v) is 8.16. The molecule has 0 aliphatic carbocycles. The highest BCUT2D eigenvalue weighted by molar-refractivity contribution is 7.21. The van der Waals surface area contributed by atoms with E-state index in [1.54, 1.807) is 17.4 Å². The minimum absolute atomic E-state index is 0.244. The van der Waals surface area contributed by atoms with Gasteiger partial charge in [0.25, 0.3) is 5.91 Å². The molecule has 0 bridgehead atoms. The first kappa shape index (κ1) is 14.0. The lowest BCUT2D eigenvalue weighted by molar-refractivity contribution is -0.137. The summed E-state index contributed by atoms with van der Waals surface area (Å²) < 4.78 is 1.94. The standard InChI is InChI=1S/C13H13N3O3S2/c1-2-3-15(7-10(17)18)12(19)9-6-8-11(21-9)14-13-16(8)4-5-20-13/h4-6H,2-3,7H2,1H3,(H,17,18). The van der Waals surface area contributed by atoms with Crippen LogP contribution >= 0.6 is 22.7 Å². The molecular formula is C13H13N3O3S2. The van der Waals surface area contributed by atoms with E-state index in [1.807, 2.05) is 22.9 Å². The number of rotatable bonds is 5. The summed E-state index contributed by atoms with van der Waals surface area (Å²) >= 11 is 2.85. The molecule has 0 fully saturated rings. The number of carbonyl (C=O) groups excluding carboxylic acids is 1. The smallest absolute Gasteiger partial charge is 0.323 e. The SMILES string of the molecule is CCCN(CC(=O)O)C(=O)c1cc2c(nc3sccn32)s1. The van der Waals surface area contributed by atoms with Crippen molar-refractivity contribution in [1.29, 1.82) is 0 Å². The number of aromatic nitrogens is 2. The van der Waals surface area contributed by atoms with Gasteiger partial charge in [0, 0.05) is 18.1 Å². The Kier molecular flexibility index (Phi) is 3.64. The van der Waals surface area contributed by atoms with Crippen LogP contribution in [0.15, 0.2) is 17.6 Å². The maximum absolute atomic E-state index is 12.5. The molecule has 0 spiro atoms. The number of amides is 1.